The summed E-state index contributed by atoms with van der Waals surface area (Å²) < 4.78 is 2.06. The molecule has 0 atom stereocenters. The van der Waals surface area contributed by atoms with Crippen molar-refractivity contribution in [3.63, 3.8) is 0 Å². The lowest BCUT2D eigenvalue weighted by atomic mass is 10.1. The molecule has 7 nitrogen and oxygen atoms in total. The van der Waals surface area contributed by atoms with Gasteiger partial charge >= 0.3 is 0 Å². The van der Waals surface area contributed by atoms with Gasteiger partial charge in [0.25, 0.3) is 0 Å². The van der Waals surface area contributed by atoms with Crippen LogP contribution in [0.25, 0.3) is 16.2 Å². The number of hydrogen-bond donors (Lipinski definition) is 2. The van der Waals surface area contributed by atoms with Crippen molar-refractivity contribution in [1.82, 2.24) is 14.4 Å². The van der Waals surface area contributed by atoms with Crippen molar-refractivity contribution in [2.24, 2.45) is 21.7 Å². The second-order valence-corrected chi connectivity index (χ2v) is 5.89. The third-order valence-corrected chi connectivity index (χ3v) is 4.34. The van der Waals surface area contributed by atoms with Crippen LogP contribution in [0.1, 0.15) is 16.3 Å². The molecule has 3 aromatic rings. The number of imidazole rings is 1. The van der Waals surface area contributed by atoms with Crippen molar-refractivity contribution >= 4 is 40.9 Å². The van der Waals surface area contributed by atoms with Gasteiger partial charge in [-0.1, -0.05) is 0 Å². The van der Waals surface area contributed by atoms with Crippen LogP contribution in [-0.4, -0.2) is 26.5 Å². The number of nitrogens with two attached hydrogens (primary N) is 2. The largest absolute Gasteiger partial charge is 0.369 e. The molecule has 3 rings (SSSR count). The maximum atomic E-state index is 5.31. The van der Waals surface area contributed by atoms with Crippen LogP contribution in [0.5, 0.6) is 0 Å². The van der Waals surface area contributed by atoms with Crippen LogP contribution in [0, 0.1) is 13.8 Å². The second kappa shape index (κ2) is 6.76. The standard InChI is InChI=1S/C14H15N7S.ClH/c1-8-9(2)22-14-19-12(10-3-5-17-6-4-10)11(21(8)14)7-18-20-13(15)16;/h3-7H,1-2H3,(H4,15,16,20);1H/b18-7+;. The molecule has 120 valence electrons. The number of halogens is 1. The van der Waals surface area contributed by atoms with E-state index < -0.39 is 0 Å². The average molecular weight is 350 g/mol. The maximum Gasteiger partial charge on any atom is 0.211 e. The molecule has 4 N–H and O–H groups in total. The van der Waals surface area contributed by atoms with Gasteiger partial charge in [-0.2, -0.15) is 5.10 Å². The zero-order valence-electron chi connectivity index (χ0n) is 12.6. The molecule has 0 unspecified atom stereocenters. The van der Waals surface area contributed by atoms with E-state index in [1.54, 1.807) is 29.9 Å². The van der Waals surface area contributed by atoms with Crippen LogP contribution in [0.2, 0.25) is 0 Å². The molecule has 23 heavy (non-hydrogen) atoms. The SMILES string of the molecule is Cc1sc2nc(-c3ccncc3)c(/C=N/N=C(N)N)n2c1C.Cl. The lowest BCUT2D eigenvalue weighted by Gasteiger charge is -2.00. The summed E-state index contributed by atoms with van der Waals surface area (Å²) in [7, 11) is 0. The highest BCUT2D eigenvalue weighted by molar-refractivity contribution is 7.17. The van der Waals surface area contributed by atoms with E-state index in [-0.39, 0.29) is 18.4 Å². The minimum Gasteiger partial charge on any atom is -0.369 e. The summed E-state index contributed by atoms with van der Waals surface area (Å²) in [5, 5.41) is 7.61. The van der Waals surface area contributed by atoms with Crippen molar-refractivity contribution in [2.45, 2.75) is 13.8 Å². The molecule has 3 heterocycles. The van der Waals surface area contributed by atoms with Gasteiger partial charge < -0.3 is 11.5 Å². The van der Waals surface area contributed by atoms with Gasteiger partial charge in [-0.05, 0) is 26.0 Å². The van der Waals surface area contributed by atoms with Gasteiger partial charge in [0.1, 0.15) is 0 Å². The molecule has 0 fully saturated rings. The zero-order chi connectivity index (χ0) is 15.7. The number of guanidine groups is 1. The molecule has 3 aromatic heterocycles. The fourth-order valence-electron chi connectivity index (χ4n) is 2.16. The van der Waals surface area contributed by atoms with Crippen LogP contribution < -0.4 is 11.5 Å². The molecule has 0 saturated heterocycles. The minimum atomic E-state index is -0.0827. The quantitative estimate of drug-likeness (QED) is 0.429. The Hall–Kier alpha value is -2.45. The van der Waals surface area contributed by atoms with E-state index in [9.17, 15) is 0 Å². The first-order valence-electron chi connectivity index (χ1n) is 6.58. The normalized spacial score (nSPS) is 10.9. The van der Waals surface area contributed by atoms with Gasteiger partial charge in [-0.25, -0.2) is 4.98 Å². The summed E-state index contributed by atoms with van der Waals surface area (Å²) in [6.07, 6.45) is 5.09. The summed E-state index contributed by atoms with van der Waals surface area (Å²) in [5.41, 5.74) is 14.4. The third-order valence-electron chi connectivity index (χ3n) is 3.28. The molecule has 0 radical (unpaired) electrons. The molecule has 0 saturated carbocycles. The van der Waals surface area contributed by atoms with Crippen LogP contribution in [0.4, 0.5) is 0 Å². The van der Waals surface area contributed by atoms with Gasteiger partial charge in [0.2, 0.25) is 5.96 Å². The van der Waals surface area contributed by atoms with Crippen molar-refractivity contribution in [2.75, 3.05) is 0 Å². The fourth-order valence-corrected chi connectivity index (χ4v) is 3.14. The number of aromatic nitrogens is 3. The van der Waals surface area contributed by atoms with Crippen molar-refractivity contribution < 1.29 is 0 Å². The third kappa shape index (κ3) is 3.17. The highest BCUT2D eigenvalue weighted by Gasteiger charge is 2.17. The number of pyridine rings is 1. The van der Waals surface area contributed by atoms with E-state index >= 15 is 0 Å². The highest BCUT2D eigenvalue weighted by atomic mass is 35.5. The summed E-state index contributed by atoms with van der Waals surface area (Å²) in [6.45, 7) is 4.12. The van der Waals surface area contributed by atoms with E-state index in [4.69, 9.17) is 16.5 Å². The second-order valence-electron chi connectivity index (χ2n) is 4.71. The van der Waals surface area contributed by atoms with Crippen molar-refractivity contribution in [3.05, 3.63) is 40.8 Å². The van der Waals surface area contributed by atoms with Crippen molar-refractivity contribution in [3.8, 4) is 11.3 Å². The van der Waals surface area contributed by atoms with Gasteiger partial charge in [-0.15, -0.1) is 28.8 Å². The number of fused-ring (bicyclic) bond motifs is 1. The maximum absolute atomic E-state index is 5.31. The van der Waals surface area contributed by atoms with E-state index in [1.165, 1.54) is 4.88 Å². The Morgan fingerprint density at radius 1 is 1.26 bits per heavy atom. The van der Waals surface area contributed by atoms with Crippen LogP contribution in [0.15, 0.2) is 34.7 Å². The molecule has 0 aliphatic rings. The average Bonchev–Trinajstić information content (AvgIpc) is 2.98. The Morgan fingerprint density at radius 2 is 1.96 bits per heavy atom. The highest BCUT2D eigenvalue weighted by Crippen LogP contribution is 2.29. The molecular formula is C14H16ClN7S. The van der Waals surface area contributed by atoms with Crippen LogP contribution in [0.3, 0.4) is 0 Å². The van der Waals surface area contributed by atoms with E-state index in [0.29, 0.717) is 0 Å². The monoisotopic (exact) mass is 349 g/mol. The fraction of sp³-hybridized carbons (Fsp3) is 0.143. The number of rotatable bonds is 3. The number of hydrogen-bond acceptors (Lipinski definition) is 5. The molecule has 0 spiro atoms. The number of nitrogens with zero attached hydrogens (tertiary/aromatic N) is 5. The molecule has 0 amide bonds. The number of thiazole rings is 1. The lowest BCUT2D eigenvalue weighted by Crippen LogP contribution is -2.21. The minimum absolute atomic E-state index is 0. The summed E-state index contributed by atoms with van der Waals surface area (Å²) >= 11 is 1.64. The first kappa shape index (κ1) is 16.9. The van der Waals surface area contributed by atoms with Gasteiger partial charge in [0, 0.05) is 28.5 Å². The van der Waals surface area contributed by atoms with Gasteiger partial charge in [-0.3, -0.25) is 9.38 Å². The Kier molecular flexibility index (Phi) is 4.97. The topological polar surface area (TPSA) is 107 Å². The molecule has 0 bridgehead atoms. The Balaban J connectivity index is 0.00000192. The Labute approximate surface area is 143 Å². The summed E-state index contributed by atoms with van der Waals surface area (Å²) in [6, 6.07) is 3.82. The molecule has 0 aromatic carbocycles. The summed E-state index contributed by atoms with van der Waals surface area (Å²) in [4.78, 5) is 10.9. The van der Waals surface area contributed by atoms with E-state index in [0.717, 1.165) is 27.6 Å². The van der Waals surface area contributed by atoms with Crippen molar-refractivity contribution in [1.29, 1.82) is 0 Å². The van der Waals surface area contributed by atoms with Gasteiger partial charge in [0.05, 0.1) is 17.6 Å². The Bertz CT molecular complexity index is 876. The zero-order valence-corrected chi connectivity index (χ0v) is 14.2. The molecular weight excluding hydrogens is 334 g/mol. The van der Waals surface area contributed by atoms with E-state index in [2.05, 4.69) is 33.4 Å². The predicted octanol–water partition coefficient (Wildman–Crippen LogP) is 2.10. The Morgan fingerprint density at radius 3 is 2.61 bits per heavy atom. The molecule has 9 heteroatoms. The lowest BCUT2D eigenvalue weighted by molar-refractivity contribution is 1.09. The molecule has 0 aliphatic heterocycles. The first-order valence-corrected chi connectivity index (χ1v) is 7.40. The number of aryl methyl sites for hydroxylation is 2. The molecule has 0 aliphatic carbocycles. The van der Waals surface area contributed by atoms with Crippen LogP contribution >= 0.6 is 23.7 Å². The smallest absolute Gasteiger partial charge is 0.211 e. The van der Waals surface area contributed by atoms with E-state index in [1.807, 2.05) is 12.1 Å². The first-order chi connectivity index (χ1) is 10.6. The van der Waals surface area contributed by atoms with Crippen LogP contribution in [-0.2, 0) is 0 Å². The van der Waals surface area contributed by atoms with Gasteiger partial charge in [0.15, 0.2) is 4.96 Å². The predicted molar refractivity (Wildman–Crippen MR) is 96.4 cm³/mol. The summed E-state index contributed by atoms with van der Waals surface area (Å²) in [5.74, 6) is -0.0827.